The third-order valence-corrected chi connectivity index (χ3v) is 2.88. The van der Waals surface area contributed by atoms with Gasteiger partial charge in [-0.1, -0.05) is 49.6 Å². The van der Waals surface area contributed by atoms with Crippen LogP contribution >= 0.6 is 0 Å². The first-order valence-electron chi connectivity index (χ1n) is 5.47. The van der Waals surface area contributed by atoms with E-state index in [1.807, 2.05) is 0 Å². The molecule has 0 radical (unpaired) electrons. The van der Waals surface area contributed by atoms with Crippen molar-refractivity contribution in [2.24, 2.45) is 0 Å². The highest BCUT2D eigenvalue weighted by molar-refractivity contribution is 5.26. The minimum absolute atomic E-state index is 0.750. The summed E-state index contributed by atoms with van der Waals surface area (Å²) < 4.78 is 0. The molecule has 1 N–H and O–H groups in total. The highest BCUT2D eigenvalue weighted by Crippen LogP contribution is 2.31. The zero-order chi connectivity index (χ0) is 10.9. The number of hydrogen-bond donors (Lipinski definition) is 1. The Bertz CT molecular complexity index is 296. The van der Waals surface area contributed by atoms with Crippen LogP contribution < -0.4 is 0 Å². The van der Waals surface area contributed by atoms with Crippen LogP contribution in [-0.2, 0) is 4.79 Å². The molecule has 1 fully saturated rings. The van der Waals surface area contributed by atoms with E-state index in [1.54, 1.807) is 5.56 Å². The summed E-state index contributed by atoms with van der Waals surface area (Å²) in [5.41, 5.74) is 1.55. The first-order chi connectivity index (χ1) is 7.38. The van der Waals surface area contributed by atoms with Crippen molar-refractivity contribution in [3.63, 3.8) is 0 Å². The fourth-order valence-electron chi connectivity index (χ4n) is 2.16. The van der Waals surface area contributed by atoms with Crippen LogP contribution in [0.25, 0.3) is 0 Å². The molecule has 1 aliphatic rings. The fraction of sp³-hybridized carbons (Fsp3) is 0.462. The number of nitrogens with one attached hydrogen (secondary N) is 1. The van der Waals surface area contributed by atoms with Gasteiger partial charge in [-0.3, -0.25) is 0 Å². The Morgan fingerprint density at radius 1 is 1.07 bits per heavy atom. The summed E-state index contributed by atoms with van der Waals surface area (Å²) >= 11 is 0. The van der Waals surface area contributed by atoms with Gasteiger partial charge >= 0.3 is 0 Å². The number of benzene rings is 1. The maximum atomic E-state index is 8.35. The smallest absolute Gasteiger partial charge is 0.222 e. The van der Waals surface area contributed by atoms with Crippen molar-refractivity contribution in [1.82, 2.24) is 0 Å². The van der Waals surface area contributed by atoms with Crippen molar-refractivity contribution < 1.29 is 4.79 Å². The normalized spacial score (nSPS) is 16.0. The van der Waals surface area contributed by atoms with Crippen LogP contribution in [0.15, 0.2) is 30.3 Å². The maximum Gasteiger partial charge on any atom is 0.231 e. The summed E-state index contributed by atoms with van der Waals surface area (Å²) in [7, 11) is 0. The summed E-state index contributed by atoms with van der Waals surface area (Å²) in [6.07, 6.45) is 7.87. The molecule has 15 heavy (non-hydrogen) atoms. The molecule has 1 aliphatic carbocycles. The highest BCUT2D eigenvalue weighted by atomic mass is 16.1. The largest absolute Gasteiger partial charge is 0.231 e. The summed E-state index contributed by atoms with van der Waals surface area (Å²) in [4.78, 5) is 8.35. The zero-order valence-electron chi connectivity index (χ0n) is 8.91. The lowest BCUT2D eigenvalue weighted by Crippen LogP contribution is -2.03. The van der Waals surface area contributed by atoms with Gasteiger partial charge in [-0.05, 0) is 24.3 Å². The van der Waals surface area contributed by atoms with Gasteiger partial charge in [0.25, 0.3) is 0 Å². The molecule has 0 bridgehead atoms. The van der Waals surface area contributed by atoms with E-state index in [0.717, 1.165) is 12.0 Å². The van der Waals surface area contributed by atoms with Crippen molar-refractivity contribution in [2.45, 2.75) is 38.0 Å². The van der Waals surface area contributed by atoms with Crippen molar-refractivity contribution >= 4 is 6.08 Å². The van der Waals surface area contributed by atoms with Crippen LogP contribution in [-0.4, -0.2) is 6.08 Å². The molecule has 80 valence electrons. The Morgan fingerprint density at radius 2 is 1.60 bits per heavy atom. The second-order valence-electron chi connectivity index (χ2n) is 3.85. The molecule has 0 atom stereocenters. The number of rotatable bonds is 1. The molecule has 0 heterocycles. The fourth-order valence-corrected chi connectivity index (χ4v) is 2.16. The van der Waals surface area contributed by atoms with Gasteiger partial charge in [0, 0.05) is 0 Å². The molecule has 1 aromatic rings. The van der Waals surface area contributed by atoms with Gasteiger partial charge in [0.1, 0.15) is 0 Å². The Hall–Kier alpha value is -1.40. The molecule has 0 amide bonds. The molecule has 2 rings (SSSR count). The molecular formula is C13H17NO. The summed E-state index contributed by atoms with van der Waals surface area (Å²) in [6, 6.07) is 11.0. The van der Waals surface area contributed by atoms with Gasteiger partial charge in [-0.15, -0.1) is 0 Å². The highest BCUT2D eigenvalue weighted by Gasteiger charge is 2.14. The third-order valence-electron chi connectivity index (χ3n) is 2.88. The average molecular weight is 203 g/mol. The zero-order valence-corrected chi connectivity index (χ0v) is 8.91. The molecule has 1 aromatic carbocycles. The van der Waals surface area contributed by atoms with Crippen molar-refractivity contribution in [3.8, 4) is 0 Å². The molecule has 0 spiro atoms. The number of carbonyl (C=O) groups excluding carboxylic acids is 1. The van der Waals surface area contributed by atoms with Gasteiger partial charge in [-0.2, -0.15) is 0 Å². The first kappa shape index (κ1) is 11.7. The van der Waals surface area contributed by atoms with E-state index in [1.165, 1.54) is 32.1 Å². The van der Waals surface area contributed by atoms with E-state index in [-0.39, 0.29) is 0 Å². The Labute approximate surface area is 90.8 Å². The van der Waals surface area contributed by atoms with Crippen molar-refractivity contribution in [3.05, 3.63) is 35.9 Å². The molecule has 0 aliphatic heterocycles. The maximum absolute atomic E-state index is 8.35. The molecule has 0 saturated heterocycles. The predicted octanol–water partition coefficient (Wildman–Crippen LogP) is 3.64. The van der Waals surface area contributed by atoms with E-state index in [4.69, 9.17) is 10.2 Å². The van der Waals surface area contributed by atoms with Crippen LogP contribution in [0.2, 0.25) is 0 Å². The minimum Gasteiger partial charge on any atom is -0.222 e. The molecular weight excluding hydrogens is 186 g/mol. The molecule has 2 nitrogen and oxygen atoms in total. The summed E-state index contributed by atoms with van der Waals surface area (Å²) in [5.74, 6) is 0.861. The van der Waals surface area contributed by atoms with E-state index in [0.29, 0.717) is 0 Å². The van der Waals surface area contributed by atoms with Crippen LogP contribution in [0.1, 0.15) is 43.6 Å². The lowest BCUT2D eigenvalue weighted by atomic mass is 9.84. The molecule has 0 unspecified atom stereocenters. The van der Waals surface area contributed by atoms with Gasteiger partial charge < -0.3 is 0 Å². The van der Waals surface area contributed by atoms with E-state index in [2.05, 4.69) is 30.3 Å². The number of hydrogen-bond acceptors (Lipinski definition) is 2. The predicted molar refractivity (Wildman–Crippen MR) is 60.7 cm³/mol. The lowest BCUT2D eigenvalue weighted by molar-refractivity contribution is 0.443. The van der Waals surface area contributed by atoms with E-state index < -0.39 is 0 Å². The van der Waals surface area contributed by atoms with Crippen LogP contribution in [0.4, 0.5) is 0 Å². The van der Waals surface area contributed by atoms with Crippen molar-refractivity contribution in [2.75, 3.05) is 0 Å². The topological polar surface area (TPSA) is 40.9 Å². The van der Waals surface area contributed by atoms with Gasteiger partial charge in [0.2, 0.25) is 6.08 Å². The van der Waals surface area contributed by atoms with Gasteiger partial charge in [0.05, 0.1) is 0 Å². The summed E-state index contributed by atoms with van der Waals surface area (Å²) in [5, 5.41) is 5.40. The Kier molecular flexibility index (Phi) is 5.42. The molecule has 1 saturated carbocycles. The van der Waals surface area contributed by atoms with Crippen LogP contribution in [0.5, 0.6) is 0 Å². The lowest BCUT2D eigenvalue weighted by Gasteiger charge is -2.21. The Balaban J connectivity index is 0.000000337. The SMILES string of the molecule is N=C=O.c1ccc(C2CCCCC2)cc1. The van der Waals surface area contributed by atoms with Crippen LogP contribution in [0.3, 0.4) is 0 Å². The van der Waals surface area contributed by atoms with E-state index >= 15 is 0 Å². The molecule has 2 heteroatoms. The number of isocyanates is 1. The quantitative estimate of drug-likeness (QED) is 0.549. The summed E-state index contributed by atoms with van der Waals surface area (Å²) in [6.45, 7) is 0. The second kappa shape index (κ2) is 6.97. The standard InChI is InChI=1S/C12H16.CHNO/c1-3-7-11(8-4-1)12-9-5-2-6-10-12;2-1-3/h1,3-4,7-8,12H,2,5-6,9-10H2;2H. The van der Waals surface area contributed by atoms with Crippen molar-refractivity contribution in [1.29, 1.82) is 5.41 Å². The van der Waals surface area contributed by atoms with Gasteiger partial charge in [0.15, 0.2) is 0 Å². The third kappa shape index (κ3) is 4.09. The van der Waals surface area contributed by atoms with Crippen LogP contribution in [0, 0.1) is 5.41 Å². The average Bonchev–Trinajstić information content (AvgIpc) is 2.32. The first-order valence-corrected chi connectivity index (χ1v) is 5.47. The molecule has 0 aromatic heterocycles. The van der Waals surface area contributed by atoms with E-state index in [9.17, 15) is 0 Å². The Morgan fingerprint density at radius 3 is 2.13 bits per heavy atom. The second-order valence-corrected chi connectivity index (χ2v) is 3.85. The minimum atomic E-state index is 0.750. The monoisotopic (exact) mass is 203 g/mol. The van der Waals surface area contributed by atoms with Gasteiger partial charge in [-0.25, -0.2) is 10.2 Å².